The lowest BCUT2D eigenvalue weighted by Crippen LogP contribution is -2.30. The summed E-state index contributed by atoms with van der Waals surface area (Å²) in [5.41, 5.74) is 3.08. The van der Waals surface area contributed by atoms with E-state index in [0.29, 0.717) is 24.4 Å². The van der Waals surface area contributed by atoms with Gasteiger partial charge in [-0.25, -0.2) is 8.42 Å². The molecule has 0 spiro atoms. The average Bonchev–Trinajstić information content (AvgIpc) is 3.22. The average molecular weight is 437 g/mol. The van der Waals surface area contributed by atoms with Crippen molar-refractivity contribution in [1.29, 1.82) is 0 Å². The van der Waals surface area contributed by atoms with Crippen LogP contribution >= 0.6 is 0 Å². The van der Waals surface area contributed by atoms with E-state index in [1.165, 1.54) is 11.2 Å². The van der Waals surface area contributed by atoms with Gasteiger partial charge < -0.3 is 9.64 Å². The van der Waals surface area contributed by atoms with Gasteiger partial charge in [-0.15, -0.1) is 0 Å². The van der Waals surface area contributed by atoms with Gasteiger partial charge in [0.15, 0.2) is 0 Å². The first-order valence-electron chi connectivity index (χ1n) is 10.0. The Balaban J connectivity index is 1.75. The number of nitrogens with zero attached hydrogens (tertiary/aromatic N) is 2. The first-order chi connectivity index (χ1) is 14.9. The molecule has 0 atom stereocenters. The van der Waals surface area contributed by atoms with Crippen molar-refractivity contribution in [3.8, 4) is 5.75 Å². The Bertz CT molecular complexity index is 1190. The Labute approximate surface area is 182 Å². The van der Waals surface area contributed by atoms with Crippen molar-refractivity contribution < 1.29 is 17.9 Å². The Kier molecular flexibility index (Phi) is 5.69. The third-order valence-corrected chi connectivity index (χ3v) is 7.21. The second kappa shape index (κ2) is 8.43. The van der Waals surface area contributed by atoms with Gasteiger partial charge in [0.1, 0.15) is 5.75 Å². The first kappa shape index (κ1) is 20.9. The summed E-state index contributed by atoms with van der Waals surface area (Å²) < 4.78 is 34.1. The highest BCUT2D eigenvalue weighted by Gasteiger charge is 2.29. The van der Waals surface area contributed by atoms with Crippen LogP contribution in [0, 0.1) is 0 Å². The van der Waals surface area contributed by atoms with Gasteiger partial charge in [-0.05, 0) is 60.0 Å². The van der Waals surface area contributed by atoms with Gasteiger partial charge in [-0.2, -0.15) is 0 Å². The van der Waals surface area contributed by atoms with E-state index in [9.17, 15) is 13.2 Å². The van der Waals surface area contributed by atoms with Crippen LogP contribution in [0.4, 0.5) is 11.4 Å². The maximum Gasteiger partial charge on any atom is 0.264 e. The maximum atomic E-state index is 13.7. The molecule has 3 aromatic rings. The first-order valence-corrected chi connectivity index (χ1v) is 11.5. The molecule has 0 radical (unpaired) electrons. The molecule has 0 bridgehead atoms. The van der Waals surface area contributed by atoms with Crippen LogP contribution in [0.5, 0.6) is 5.75 Å². The minimum Gasteiger partial charge on any atom is -0.497 e. The SMILES string of the molecule is COc1ccc(N(Cc2ccccc2)S(=O)(=O)c2ccc3c(c2)CCN3C(C)=O)cc1. The second-order valence-electron chi connectivity index (χ2n) is 7.41. The van der Waals surface area contributed by atoms with Crippen LogP contribution in [0.25, 0.3) is 0 Å². The molecule has 1 aliphatic rings. The van der Waals surface area contributed by atoms with Gasteiger partial charge in [0.25, 0.3) is 10.0 Å². The Morgan fingerprint density at radius 1 is 1.03 bits per heavy atom. The zero-order chi connectivity index (χ0) is 22.0. The molecular weight excluding hydrogens is 412 g/mol. The summed E-state index contributed by atoms with van der Waals surface area (Å²) in [6.07, 6.45) is 0.638. The molecule has 1 heterocycles. The van der Waals surface area contributed by atoms with E-state index in [1.807, 2.05) is 30.3 Å². The molecule has 0 N–H and O–H groups in total. The van der Waals surface area contributed by atoms with Crippen LogP contribution in [0.1, 0.15) is 18.1 Å². The molecule has 31 heavy (non-hydrogen) atoms. The summed E-state index contributed by atoms with van der Waals surface area (Å²) in [4.78, 5) is 13.7. The number of carbonyl (C=O) groups excluding carboxylic acids is 1. The number of rotatable bonds is 6. The van der Waals surface area contributed by atoms with E-state index in [1.54, 1.807) is 54.5 Å². The minimum atomic E-state index is -3.84. The van der Waals surface area contributed by atoms with Crippen molar-refractivity contribution >= 4 is 27.3 Å². The zero-order valence-corrected chi connectivity index (χ0v) is 18.3. The summed E-state index contributed by atoms with van der Waals surface area (Å²) in [5, 5.41) is 0. The Morgan fingerprint density at radius 3 is 2.39 bits per heavy atom. The monoisotopic (exact) mass is 436 g/mol. The molecular formula is C24H24N2O4S. The van der Waals surface area contributed by atoms with Crippen LogP contribution in [-0.4, -0.2) is 28.0 Å². The fourth-order valence-electron chi connectivity index (χ4n) is 3.81. The third-order valence-electron chi connectivity index (χ3n) is 5.44. The van der Waals surface area contributed by atoms with Crippen molar-refractivity contribution in [2.75, 3.05) is 22.9 Å². The lowest BCUT2D eigenvalue weighted by atomic mass is 10.2. The molecule has 7 heteroatoms. The molecule has 0 aliphatic carbocycles. The summed E-state index contributed by atoms with van der Waals surface area (Å²) in [6.45, 7) is 2.29. The van der Waals surface area contributed by atoms with E-state index in [0.717, 1.165) is 16.8 Å². The number of amides is 1. The molecule has 3 aromatic carbocycles. The van der Waals surface area contributed by atoms with E-state index < -0.39 is 10.0 Å². The van der Waals surface area contributed by atoms with E-state index in [-0.39, 0.29) is 17.3 Å². The molecule has 0 fully saturated rings. The zero-order valence-electron chi connectivity index (χ0n) is 17.5. The van der Waals surface area contributed by atoms with Crippen LogP contribution < -0.4 is 13.9 Å². The van der Waals surface area contributed by atoms with Crippen molar-refractivity contribution in [2.24, 2.45) is 0 Å². The second-order valence-corrected chi connectivity index (χ2v) is 9.27. The summed E-state index contributed by atoms with van der Waals surface area (Å²) in [6, 6.07) is 21.5. The predicted molar refractivity (Wildman–Crippen MR) is 121 cm³/mol. The van der Waals surface area contributed by atoms with Gasteiger partial charge in [0.05, 0.1) is 24.2 Å². The van der Waals surface area contributed by atoms with Crippen molar-refractivity contribution in [1.82, 2.24) is 0 Å². The highest BCUT2D eigenvalue weighted by atomic mass is 32.2. The molecule has 0 unspecified atom stereocenters. The summed E-state index contributed by atoms with van der Waals surface area (Å²) in [5.74, 6) is 0.612. The van der Waals surface area contributed by atoms with Crippen LogP contribution in [0.3, 0.4) is 0 Å². The van der Waals surface area contributed by atoms with Crippen LogP contribution in [0.2, 0.25) is 0 Å². The fraction of sp³-hybridized carbons (Fsp3) is 0.208. The molecule has 4 rings (SSSR count). The molecule has 160 valence electrons. The van der Waals surface area contributed by atoms with Crippen molar-refractivity contribution in [3.63, 3.8) is 0 Å². The third kappa shape index (κ3) is 4.14. The molecule has 0 saturated carbocycles. The van der Waals surface area contributed by atoms with Crippen LogP contribution in [-0.2, 0) is 27.8 Å². The number of methoxy groups -OCH3 is 1. The highest BCUT2D eigenvalue weighted by Crippen LogP contribution is 2.33. The molecule has 1 aliphatic heterocycles. The van der Waals surface area contributed by atoms with Crippen LogP contribution in [0.15, 0.2) is 77.7 Å². The Hall–Kier alpha value is -3.32. The lowest BCUT2D eigenvalue weighted by molar-refractivity contribution is -0.116. The van der Waals surface area contributed by atoms with Crippen molar-refractivity contribution in [2.45, 2.75) is 24.8 Å². The fourth-order valence-corrected chi connectivity index (χ4v) is 5.31. The van der Waals surface area contributed by atoms with E-state index in [4.69, 9.17) is 4.74 Å². The largest absolute Gasteiger partial charge is 0.497 e. The maximum absolute atomic E-state index is 13.7. The van der Waals surface area contributed by atoms with E-state index >= 15 is 0 Å². The Morgan fingerprint density at radius 2 is 1.74 bits per heavy atom. The summed E-state index contributed by atoms with van der Waals surface area (Å²) >= 11 is 0. The summed E-state index contributed by atoms with van der Waals surface area (Å²) in [7, 11) is -2.27. The number of hydrogen-bond donors (Lipinski definition) is 0. The molecule has 0 saturated heterocycles. The smallest absolute Gasteiger partial charge is 0.264 e. The topological polar surface area (TPSA) is 66.9 Å². The number of ether oxygens (including phenoxy) is 1. The number of hydrogen-bond acceptors (Lipinski definition) is 4. The number of benzene rings is 3. The van der Waals surface area contributed by atoms with Gasteiger partial charge in [0, 0.05) is 19.2 Å². The quantitative estimate of drug-likeness (QED) is 0.586. The number of fused-ring (bicyclic) bond motifs is 1. The molecule has 1 amide bonds. The van der Waals surface area contributed by atoms with Gasteiger partial charge in [-0.1, -0.05) is 30.3 Å². The number of anilines is 2. The minimum absolute atomic E-state index is 0.0432. The van der Waals surface area contributed by atoms with Gasteiger partial charge in [0.2, 0.25) is 5.91 Å². The predicted octanol–water partition coefficient (Wildman–Crippen LogP) is 4.00. The number of sulfonamides is 1. The van der Waals surface area contributed by atoms with Crippen molar-refractivity contribution in [3.05, 3.63) is 83.9 Å². The standard InChI is InChI=1S/C24H24N2O4S/c1-18(27)25-15-14-20-16-23(12-13-24(20)25)31(28,29)26(17-19-6-4-3-5-7-19)21-8-10-22(30-2)11-9-21/h3-13,16H,14-15,17H2,1-2H3. The van der Waals surface area contributed by atoms with Gasteiger partial charge in [-0.3, -0.25) is 9.10 Å². The molecule has 6 nitrogen and oxygen atoms in total. The normalized spacial score (nSPS) is 13.0. The van der Waals surface area contributed by atoms with Gasteiger partial charge >= 0.3 is 0 Å². The lowest BCUT2D eigenvalue weighted by Gasteiger charge is -2.25. The molecule has 0 aromatic heterocycles. The van der Waals surface area contributed by atoms with E-state index in [2.05, 4.69) is 0 Å². The highest BCUT2D eigenvalue weighted by molar-refractivity contribution is 7.92. The number of carbonyl (C=O) groups is 1.